The lowest BCUT2D eigenvalue weighted by molar-refractivity contribution is -0.135. The zero-order valence-corrected chi connectivity index (χ0v) is 34.3. The number of hydrogen-bond donors (Lipinski definition) is 5. The minimum Gasteiger partial charge on any atom is -0.453 e. The number of H-pyrrole nitrogens is 2. The molecule has 14 nitrogen and oxygen atoms in total. The van der Waals surface area contributed by atoms with Gasteiger partial charge in [-0.05, 0) is 102 Å². The van der Waals surface area contributed by atoms with Gasteiger partial charge in [-0.25, -0.2) is 19.6 Å². The van der Waals surface area contributed by atoms with Crippen LogP contribution in [0.3, 0.4) is 0 Å². The third-order valence-electron chi connectivity index (χ3n) is 12.1. The number of aromatic nitrogens is 4. The van der Waals surface area contributed by atoms with E-state index < -0.39 is 24.3 Å². The van der Waals surface area contributed by atoms with Crippen LogP contribution in [-0.4, -0.2) is 87.7 Å². The molecule has 58 heavy (non-hydrogen) atoms. The van der Waals surface area contributed by atoms with Crippen LogP contribution in [0.25, 0.3) is 33.6 Å². The molecule has 7 rings (SSSR count). The van der Waals surface area contributed by atoms with Crippen molar-refractivity contribution in [1.82, 2.24) is 40.8 Å². The summed E-state index contributed by atoms with van der Waals surface area (Å²) in [5.41, 5.74) is 9.00. The van der Waals surface area contributed by atoms with Crippen LogP contribution in [0.15, 0.2) is 48.8 Å². The molecule has 0 radical (unpaired) electrons. The Hall–Kier alpha value is -5.66. The third-order valence-corrected chi connectivity index (χ3v) is 12.1. The van der Waals surface area contributed by atoms with E-state index in [0.717, 1.165) is 85.5 Å². The number of ether oxygens (including phenoxy) is 2. The molecule has 1 saturated heterocycles. The molecule has 5 atom stereocenters. The number of amides is 4. The van der Waals surface area contributed by atoms with E-state index in [-0.39, 0.29) is 41.7 Å². The smallest absolute Gasteiger partial charge is 0.407 e. The Morgan fingerprint density at radius 1 is 0.724 bits per heavy atom. The van der Waals surface area contributed by atoms with Crippen molar-refractivity contribution < 1.29 is 28.7 Å². The molecule has 2 aromatic carbocycles. The standard InChI is InChI=1S/C44H56N8O6/c1-24(2)37(50-43(55)57-5)41(53)49-33-13-8-12-32(33)39-45-22-34(47-39)28-15-17-30-26(20-28)10-7-11-27-21-29(16-18-31(27)30)35-23-46-40(48-35)36-14-9-19-52(36)42(54)38(25(3)4)51-44(56)58-6/h15-18,20-25,32-33,36-38H,7-14,19H2,1-6H3,(H,45,47)(H,46,48)(H,49,53)(H,50,55)(H,51,56)/t32-,33-,36-,37-,38-/m0/s1. The zero-order valence-electron chi connectivity index (χ0n) is 34.3. The summed E-state index contributed by atoms with van der Waals surface area (Å²) in [6.07, 6.45) is 9.78. The van der Waals surface area contributed by atoms with Crippen LogP contribution < -0.4 is 16.0 Å². The lowest BCUT2D eigenvalue weighted by Gasteiger charge is -2.30. The van der Waals surface area contributed by atoms with E-state index in [2.05, 4.69) is 62.3 Å². The van der Waals surface area contributed by atoms with Gasteiger partial charge in [0.15, 0.2) is 0 Å². The van der Waals surface area contributed by atoms with Gasteiger partial charge in [0.05, 0.1) is 44.0 Å². The number of hydrogen-bond acceptors (Lipinski definition) is 8. The van der Waals surface area contributed by atoms with Crippen molar-refractivity contribution in [2.75, 3.05) is 20.8 Å². The number of carbonyl (C=O) groups is 4. The first-order chi connectivity index (χ1) is 27.9. The molecule has 5 N–H and O–H groups in total. The van der Waals surface area contributed by atoms with Crippen molar-refractivity contribution >= 4 is 24.0 Å². The van der Waals surface area contributed by atoms with Gasteiger partial charge in [0, 0.05) is 18.5 Å². The second-order valence-electron chi connectivity index (χ2n) is 16.5. The summed E-state index contributed by atoms with van der Waals surface area (Å²) in [6, 6.07) is 11.6. The van der Waals surface area contributed by atoms with Gasteiger partial charge in [0.1, 0.15) is 23.7 Å². The predicted molar refractivity (Wildman–Crippen MR) is 220 cm³/mol. The fourth-order valence-electron chi connectivity index (χ4n) is 8.90. The molecule has 1 aliphatic heterocycles. The Morgan fingerprint density at radius 3 is 1.88 bits per heavy atom. The molecule has 2 fully saturated rings. The number of nitrogens with zero attached hydrogens (tertiary/aromatic N) is 3. The van der Waals surface area contributed by atoms with E-state index in [0.29, 0.717) is 6.54 Å². The Kier molecular flexibility index (Phi) is 12.2. The molecule has 0 spiro atoms. The lowest BCUT2D eigenvalue weighted by atomic mass is 9.93. The minimum absolute atomic E-state index is 0.0450. The monoisotopic (exact) mass is 792 g/mol. The number of likely N-dealkylation sites (tertiary alicyclic amines) is 1. The molecule has 3 heterocycles. The van der Waals surface area contributed by atoms with Gasteiger partial charge in [-0.15, -0.1) is 0 Å². The number of aromatic amines is 2. The lowest BCUT2D eigenvalue weighted by Crippen LogP contribution is -2.52. The average molecular weight is 793 g/mol. The first-order valence-corrected chi connectivity index (χ1v) is 20.6. The Labute approximate surface area is 339 Å². The molecule has 1 saturated carbocycles. The number of rotatable bonds is 11. The van der Waals surface area contributed by atoms with Crippen LogP contribution in [0.1, 0.15) is 101 Å². The van der Waals surface area contributed by atoms with Crippen molar-refractivity contribution in [3.05, 3.63) is 71.6 Å². The minimum atomic E-state index is -0.690. The Bertz CT molecular complexity index is 2140. The maximum atomic E-state index is 13.6. The molecular weight excluding hydrogens is 737 g/mol. The quantitative estimate of drug-likeness (QED) is 0.110. The van der Waals surface area contributed by atoms with E-state index >= 15 is 0 Å². The number of carbonyl (C=O) groups excluding carboxylic acids is 4. The van der Waals surface area contributed by atoms with E-state index in [4.69, 9.17) is 19.4 Å². The third kappa shape index (κ3) is 8.46. The van der Waals surface area contributed by atoms with E-state index in [1.54, 1.807) is 0 Å². The summed E-state index contributed by atoms with van der Waals surface area (Å²) < 4.78 is 9.52. The molecule has 308 valence electrons. The summed E-state index contributed by atoms with van der Waals surface area (Å²) in [6.45, 7) is 8.22. The SMILES string of the molecule is COC(=O)N[C@H](C(=O)N[C@H]1CCC[C@@H]1c1ncc(-c2ccc3c(c2)CCCc2cc(-c4cnc([C@@H]5CCCN5C(=O)[C@@H](NC(=O)OC)C(C)C)[nH]4)ccc2-3)[nH]1)C(C)C. The van der Waals surface area contributed by atoms with Crippen molar-refractivity contribution in [3.8, 4) is 33.6 Å². The second-order valence-corrected chi connectivity index (χ2v) is 16.5. The van der Waals surface area contributed by atoms with Crippen molar-refractivity contribution in [2.24, 2.45) is 11.8 Å². The number of nitrogens with one attached hydrogen (secondary N) is 5. The number of benzene rings is 2. The van der Waals surface area contributed by atoms with E-state index in [9.17, 15) is 19.2 Å². The summed E-state index contributed by atoms with van der Waals surface area (Å²) in [5.74, 6) is 1.11. The summed E-state index contributed by atoms with van der Waals surface area (Å²) in [5, 5.41) is 8.57. The highest BCUT2D eigenvalue weighted by Crippen LogP contribution is 2.39. The summed E-state index contributed by atoms with van der Waals surface area (Å²) in [7, 11) is 2.59. The molecule has 0 unspecified atom stereocenters. The molecule has 2 aromatic heterocycles. The fourth-order valence-corrected chi connectivity index (χ4v) is 8.90. The maximum Gasteiger partial charge on any atom is 0.407 e. The number of alkyl carbamates (subject to hydrolysis) is 2. The first kappa shape index (κ1) is 40.5. The Balaban J connectivity index is 1.05. The molecule has 3 aliphatic rings. The van der Waals surface area contributed by atoms with Crippen molar-refractivity contribution in [2.45, 2.75) is 109 Å². The molecule has 14 heteroatoms. The van der Waals surface area contributed by atoms with Gasteiger partial charge in [0.2, 0.25) is 11.8 Å². The molecule has 4 aromatic rings. The Morgan fingerprint density at radius 2 is 1.29 bits per heavy atom. The highest BCUT2D eigenvalue weighted by atomic mass is 16.5. The van der Waals surface area contributed by atoms with Crippen LogP contribution in [0.2, 0.25) is 0 Å². The number of methoxy groups -OCH3 is 2. The van der Waals surface area contributed by atoms with Gasteiger partial charge in [0.25, 0.3) is 0 Å². The van der Waals surface area contributed by atoms with Gasteiger partial charge < -0.3 is 40.3 Å². The molecular formula is C44H56N8O6. The van der Waals surface area contributed by atoms with E-state index in [1.165, 1.54) is 36.5 Å². The van der Waals surface area contributed by atoms with Crippen LogP contribution in [0.5, 0.6) is 0 Å². The summed E-state index contributed by atoms with van der Waals surface area (Å²) in [4.78, 5) is 69.3. The second kappa shape index (κ2) is 17.5. The maximum absolute atomic E-state index is 13.6. The highest BCUT2D eigenvalue weighted by Gasteiger charge is 2.38. The van der Waals surface area contributed by atoms with Gasteiger partial charge in [-0.3, -0.25) is 9.59 Å². The van der Waals surface area contributed by atoms with Crippen molar-refractivity contribution in [3.63, 3.8) is 0 Å². The molecule has 4 amide bonds. The average Bonchev–Trinajstić information content (AvgIpc) is 4.05. The van der Waals surface area contributed by atoms with Gasteiger partial charge in [-0.2, -0.15) is 0 Å². The molecule has 0 bridgehead atoms. The topological polar surface area (TPSA) is 183 Å². The van der Waals surface area contributed by atoms with Gasteiger partial charge in [-0.1, -0.05) is 58.4 Å². The predicted octanol–water partition coefficient (Wildman–Crippen LogP) is 6.80. The first-order valence-electron chi connectivity index (χ1n) is 20.6. The van der Waals surface area contributed by atoms with Crippen LogP contribution >= 0.6 is 0 Å². The normalized spacial score (nSPS) is 19.9. The number of aryl methyl sites for hydroxylation is 2. The highest BCUT2D eigenvalue weighted by molar-refractivity contribution is 5.87. The van der Waals surface area contributed by atoms with Crippen LogP contribution in [0.4, 0.5) is 9.59 Å². The zero-order chi connectivity index (χ0) is 41.1. The van der Waals surface area contributed by atoms with Crippen LogP contribution in [0, 0.1) is 11.8 Å². The summed E-state index contributed by atoms with van der Waals surface area (Å²) >= 11 is 0. The van der Waals surface area contributed by atoms with Crippen LogP contribution in [-0.2, 0) is 31.9 Å². The van der Waals surface area contributed by atoms with Gasteiger partial charge >= 0.3 is 12.2 Å². The largest absolute Gasteiger partial charge is 0.453 e. The van der Waals surface area contributed by atoms with Crippen molar-refractivity contribution in [1.29, 1.82) is 0 Å². The number of fused-ring (bicyclic) bond motifs is 3. The number of imidazole rings is 2. The fraction of sp³-hybridized carbons (Fsp3) is 0.500. The van der Waals surface area contributed by atoms with E-state index in [1.807, 2.05) is 45.0 Å². The molecule has 2 aliphatic carbocycles.